The Labute approximate surface area is 97.8 Å². The molecule has 1 rings (SSSR count). The number of halogens is 2. The van der Waals surface area contributed by atoms with E-state index in [0.29, 0.717) is 12.1 Å². The van der Waals surface area contributed by atoms with E-state index in [-0.39, 0.29) is 0 Å². The third kappa shape index (κ3) is 6.32. The summed E-state index contributed by atoms with van der Waals surface area (Å²) in [7, 11) is 13.6. The summed E-state index contributed by atoms with van der Waals surface area (Å²) in [4.78, 5) is 0. The fourth-order valence-corrected chi connectivity index (χ4v) is 1.69. The second-order valence-corrected chi connectivity index (χ2v) is 5.59. The number of likely N-dealkylation sites (N-methyl/N-ethyl adjacent to an activating group) is 2. The first-order chi connectivity index (χ1) is 6.29. The monoisotopic (exact) mass is 258 g/mol. The summed E-state index contributed by atoms with van der Waals surface area (Å²) in [5.41, 5.74) is 0. The van der Waals surface area contributed by atoms with Gasteiger partial charge in [0.2, 0.25) is 0 Å². The van der Waals surface area contributed by atoms with Crippen molar-refractivity contribution in [3.8, 4) is 0 Å². The summed E-state index contributed by atoms with van der Waals surface area (Å²) in [6.45, 7) is 0. The molecule has 0 saturated heterocycles. The van der Waals surface area contributed by atoms with Gasteiger partial charge in [-0.05, 0) is 0 Å². The molecule has 0 spiro atoms. The van der Waals surface area contributed by atoms with E-state index in [4.69, 9.17) is 18.6 Å². The molecule has 0 aromatic rings. The van der Waals surface area contributed by atoms with Crippen molar-refractivity contribution in [2.45, 2.75) is 37.8 Å². The molecule has 1 aliphatic carbocycles. The third-order valence-electron chi connectivity index (χ3n) is 2.36. The van der Waals surface area contributed by atoms with Gasteiger partial charge >= 0.3 is 35.6 Å². The van der Waals surface area contributed by atoms with Gasteiger partial charge in [0.15, 0.2) is 0 Å². The molecular weight excluding hydrogens is 243 g/mol. The minimum atomic E-state index is -0.556. The summed E-state index contributed by atoms with van der Waals surface area (Å²) >= 11 is -0.556. The Hall–Kier alpha value is 1.21. The molecule has 1 fully saturated rings. The third-order valence-corrected chi connectivity index (χ3v) is 2.36. The van der Waals surface area contributed by atoms with Crippen LogP contribution in [-0.4, -0.2) is 26.2 Å². The molecule has 0 aliphatic heterocycles. The molecule has 2 unspecified atom stereocenters. The maximum absolute atomic E-state index is 4.89. The normalized spacial score (nSPS) is 27.4. The van der Waals surface area contributed by atoms with Crippen molar-refractivity contribution >= 4 is 18.6 Å². The number of hydrogen-bond acceptors (Lipinski definition) is 0. The van der Waals surface area contributed by atoms with Gasteiger partial charge in [-0.1, -0.05) is 25.7 Å². The van der Waals surface area contributed by atoms with Crippen molar-refractivity contribution in [3.63, 3.8) is 0 Å². The van der Waals surface area contributed by atoms with Crippen LogP contribution in [0, 0.1) is 0 Å². The number of hydrogen-bond donors (Lipinski definition) is 0. The van der Waals surface area contributed by atoms with Crippen LogP contribution >= 0.6 is 18.6 Å². The molecule has 13 heavy (non-hydrogen) atoms. The van der Waals surface area contributed by atoms with Gasteiger partial charge in [-0.2, -0.15) is 26.2 Å². The molecule has 0 aromatic carbocycles. The molecule has 1 saturated carbocycles. The quantitative estimate of drug-likeness (QED) is 0.676. The van der Waals surface area contributed by atoms with Crippen LogP contribution in [0.25, 0.3) is 10.6 Å². The van der Waals surface area contributed by atoms with Gasteiger partial charge in [0.25, 0.3) is 0 Å². The van der Waals surface area contributed by atoms with Crippen LogP contribution in [-0.2, 0) is 17.0 Å². The van der Waals surface area contributed by atoms with Crippen LogP contribution in [0.4, 0.5) is 0 Å². The van der Waals surface area contributed by atoms with E-state index in [1.807, 2.05) is 14.1 Å². The van der Waals surface area contributed by atoms with Crippen molar-refractivity contribution in [2.75, 3.05) is 14.1 Å². The Morgan fingerprint density at radius 1 is 1.00 bits per heavy atom. The standard InChI is InChI=1S/C8H16N2.2ClH.Ti/c1-9-7-5-3-4-6-8(7)10-2;;;/h7-8H,3-6H2,1-2H3;2*1H;/q-2;;;+2/p-2. The summed E-state index contributed by atoms with van der Waals surface area (Å²) < 4.78 is 0. The van der Waals surface area contributed by atoms with Gasteiger partial charge in [0.05, 0.1) is 0 Å². The Morgan fingerprint density at radius 2 is 1.31 bits per heavy atom. The van der Waals surface area contributed by atoms with E-state index in [2.05, 4.69) is 10.6 Å². The second-order valence-electron chi connectivity index (χ2n) is 3.01. The van der Waals surface area contributed by atoms with Crippen LogP contribution < -0.4 is 0 Å². The SMILES string of the molecule is C[N-]C1CCCCC1[N-]C.[Cl][Ti][Cl]. The van der Waals surface area contributed by atoms with Crippen LogP contribution in [0.5, 0.6) is 0 Å². The molecule has 1 aliphatic rings. The molecule has 78 valence electrons. The summed E-state index contributed by atoms with van der Waals surface area (Å²) in [5, 5.41) is 8.61. The predicted molar refractivity (Wildman–Crippen MR) is 56.3 cm³/mol. The molecule has 0 N–H and O–H groups in total. The molecular formula is C8H16Cl2N2Ti-2. The summed E-state index contributed by atoms with van der Waals surface area (Å²) in [5.74, 6) is 0. The molecule has 0 radical (unpaired) electrons. The van der Waals surface area contributed by atoms with Crippen molar-refractivity contribution in [1.29, 1.82) is 0 Å². The first-order valence-electron chi connectivity index (χ1n) is 4.44. The van der Waals surface area contributed by atoms with Crippen LogP contribution in [0.1, 0.15) is 25.7 Å². The first-order valence-corrected chi connectivity index (χ1v) is 8.74. The number of rotatable bonds is 2. The van der Waals surface area contributed by atoms with Gasteiger partial charge in [0.1, 0.15) is 0 Å². The maximum atomic E-state index is 4.89. The van der Waals surface area contributed by atoms with Crippen LogP contribution in [0.2, 0.25) is 0 Å². The summed E-state index contributed by atoms with van der Waals surface area (Å²) in [6, 6.07) is 1.05. The zero-order valence-electron chi connectivity index (χ0n) is 8.13. The zero-order valence-corrected chi connectivity index (χ0v) is 11.2. The topological polar surface area (TPSA) is 28.2 Å². The Balaban J connectivity index is 0.000000424. The van der Waals surface area contributed by atoms with Gasteiger partial charge in [-0.3, -0.25) is 0 Å². The van der Waals surface area contributed by atoms with Crippen LogP contribution in [0.3, 0.4) is 0 Å². The van der Waals surface area contributed by atoms with Crippen molar-refractivity contribution in [3.05, 3.63) is 10.6 Å². The van der Waals surface area contributed by atoms with E-state index in [1.54, 1.807) is 0 Å². The zero-order chi connectivity index (χ0) is 10.1. The Kier molecular flexibility index (Phi) is 10.7. The van der Waals surface area contributed by atoms with Crippen molar-refractivity contribution in [1.82, 2.24) is 0 Å². The van der Waals surface area contributed by atoms with Gasteiger partial charge in [0, 0.05) is 0 Å². The molecule has 2 atom stereocenters. The number of nitrogens with zero attached hydrogens (tertiary/aromatic N) is 2. The fourth-order valence-electron chi connectivity index (χ4n) is 1.69. The molecule has 0 bridgehead atoms. The fraction of sp³-hybridized carbons (Fsp3) is 1.00. The van der Waals surface area contributed by atoms with E-state index in [1.165, 1.54) is 25.7 Å². The molecule has 0 amide bonds. The van der Waals surface area contributed by atoms with Gasteiger partial charge < -0.3 is 10.6 Å². The average molecular weight is 259 g/mol. The second kappa shape index (κ2) is 9.76. The Morgan fingerprint density at radius 3 is 1.54 bits per heavy atom. The van der Waals surface area contributed by atoms with Crippen LogP contribution in [0.15, 0.2) is 0 Å². The predicted octanol–water partition coefficient (Wildman–Crippen LogP) is 3.68. The van der Waals surface area contributed by atoms with E-state index in [0.717, 1.165) is 0 Å². The molecule has 5 heteroatoms. The Bertz CT molecular complexity index is 104. The first kappa shape index (κ1) is 14.2. The minimum absolute atomic E-state index is 0.527. The average Bonchev–Trinajstić information content (AvgIpc) is 2.19. The van der Waals surface area contributed by atoms with E-state index < -0.39 is 17.0 Å². The molecule has 2 nitrogen and oxygen atoms in total. The van der Waals surface area contributed by atoms with Crippen molar-refractivity contribution < 1.29 is 17.0 Å². The molecule has 0 aromatic heterocycles. The van der Waals surface area contributed by atoms with Gasteiger partial charge in [-0.25, -0.2) is 0 Å². The molecule has 0 heterocycles. The van der Waals surface area contributed by atoms with Gasteiger partial charge in [-0.15, -0.1) is 0 Å². The van der Waals surface area contributed by atoms with E-state index in [9.17, 15) is 0 Å². The summed E-state index contributed by atoms with van der Waals surface area (Å²) in [6.07, 6.45) is 5.18. The van der Waals surface area contributed by atoms with Crippen molar-refractivity contribution in [2.24, 2.45) is 0 Å². The van der Waals surface area contributed by atoms with E-state index >= 15 is 0 Å².